The van der Waals surface area contributed by atoms with Gasteiger partial charge in [-0.25, -0.2) is 18.1 Å². The number of thiazole rings is 1. The van der Waals surface area contributed by atoms with Crippen LogP contribution in [0.3, 0.4) is 0 Å². The molecule has 0 atom stereocenters. The molecule has 0 amide bonds. The molecule has 0 saturated heterocycles. The largest absolute Gasteiger partial charge is 0.433 e. The van der Waals surface area contributed by atoms with Gasteiger partial charge in [-0.05, 0) is 19.1 Å². The van der Waals surface area contributed by atoms with Gasteiger partial charge in [-0.1, -0.05) is 0 Å². The molecule has 0 aliphatic heterocycles. The first kappa shape index (κ1) is 15.9. The highest BCUT2D eigenvalue weighted by molar-refractivity contribution is 7.89. The summed E-state index contributed by atoms with van der Waals surface area (Å²) >= 11 is 1.33. The van der Waals surface area contributed by atoms with Gasteiger partial charge < -0.3 is 0 Å². The monoisotopic (exact) mass is 337 g/mol. The Bertz CT molecular complexity index is 724. The summed E-state index contributed by atoms with van der Waals surface area (Å²) in [6.45, 7) is 1.80. The summed E-state index contributed by atoms with van der Waals surface area (Å²) in [6.07, 6.45) is -2.38. The minimum atomic E-state index is -4.60. The van der Waals surface area contributed by atoms with Gasteiger partial charge in [0, 0.05) is 23.8 Å². The highest BCUT2D eigenvalue weighted by Crippen LogP contribution is 2.27. The zero-order chi connectivity index (χ0) is 15.7. The van der Waals surface area contributed by atoms with Crippen LogP contribution in [0.5, 0.6) is 0 Å². The normalized spacial score (nSPS) is 12.6. The Balaban J connectivity index is 2.12. The molecule has 0 unspecified atom stereocenters. The van der Waals surface area contributed by atoms with Crippen molar-refractivity contribution in [1.29, 1.82) is 0 Å². The van der Waals surface area contributed by atoms with E-state index in [0.29, 0.717) is 17.1 Å². The summed E-state index contributed by atoms with van der Waals surface area (Å²) in [7, 11) is -3.91. The third-order valence-corrected chi connectivity index (χ3v) is 4.74. The number of alkyl halides is 3. The summed E-state index contributed by atoms with van der Waals surface area (Å²) in [5.74, 6) is 0. The van der Waals surface area contributed by atoms with E-state index < -0.39 is 21.9 Å². The summed E-state index contributed by atoms with van der Waals surface area (Å²) in [5.41, 5.74) is -1.14. The number of pyridine rings is 1. The van der Waals surface area contributed by atoms with Gasteiger partial charge in [-0.2, -0.15) is 13.2 Å². The maximum absolute atomic E-state index is 12.4. The van der Waals surface area contributed by atoms with E-state index in [-0.39, 0.29) is 11.4 Å². The van der Waals surface area contributed by atoms with E-state index in [1.54, 1.807) is 6.92 Å². The predicted octanol–water partition coefficient (Wildman–Crippen LogP) is 2.34. The molecule has 1 N–H and O–H groups in total. The van der Waals surface area contributed by atoms with Crippen molar-refractivity contribution in [1.82, 2.24) is 14.7 Å². The molecule has 2 rings (SSSR count). The van der Waals surface area contributed by atoms with Gasteiger partial charge in [0.2, 0.25) is 10.0 Å². The molecule has 2 aromatic rings. The summed E-state index contributed by atoms with van der Waals surface area (Å²) in [5, 5.41) is 0.792. The van der Waals surface area contributed by atoms with Gasteiger partial charge in [0.15, 0.2) is 0 Å². The van der Waals surface area contributed by atoms with Crippen molar-refractivity contribution in [2.45, 2.75) is 24.5 Å². The van der Waals surface area contributed by atoms with E-state index in [1.807, 2.05) is 0 Å². The second kappa shape index (κ2) is 5.70. The highest BCUT2D eigenvalue weighted by atomic mass is 32.2. The summed E-state index contributed by atoms with van der Waals surface area (Å²) in [6, 6.07) is 1.50. The minimum absolute atomic E-state index is 0.0227. The zero-order valence-corrected chi connectivity index (χ0v) is 12.3. The summed E-state index contributed by atoms with van der Waals surface area (Å²) < 4.78 is 63.2. The standard InChI is InChI=1S/C11H10F3N3O2S2/c1-7-15-4-8(20-7)5-17-21(18,19)9-2-3-10(16-6-9)11(12,13)14/h2-4,6,17H,5H2,1H3. The molecule has 2 heterocycles. The van der Waals surface area contributed by atoms with Crippen molar-refractivity contribution in [3.63, 3.8) is 0 Å². The van der Waals surface area contributed by atoms with Crippen molar-refractivity contribution in [2.24, 2.45) is 0 Å². The van der Waals surface area contributed by atoms with E-state index in [2.05, 4.69) is 14.7 Å². The molecule has 21 heavy (non-hydrogen) atoms. The molecule has 0 aromatic carbocycles. The molecule has 0 aliphatic carbocycles. The van der Waals surface area contributed by atoms with Crippen LogP contribution in [0, 0.1) is 6.92 Å². The van der Waals surface area contributed by atoms with Gasteiger partial charge in [0.05, 0.1) is 5.01 Å². The van der Waals surface area contributed by atoms with Crippen molar-refractivity contribution in [3.8, 4) is 0 Å². The van der Waals surface area contributed by atoms with E-state index in [0.717, 1.165) is 11.1 Å². The van der Waals surface area contributed by atoms with Crippen LogP contribution in [0.1, 0.15) is 15.6 Å². The van der Waals surface area contributed by atoms with Crippen LogP contribution in [0.15, 0.2) is 29.4 Å². The van der Waals surface area contributed by atoms with Gasteiger partial charge in [-0.3, -0.25) is 4.98 Å². The molecule has 10 heteroatoms. The number of halogens is 3. The molecule has 5 nitrogen and oxygen atoms in total. The van der Waals surface area contributed by atoms with Crippen molar-refractivity contribution in [3.05, 3.63) is 40.1 Å². The predicted molar refractivity (Wildman–Crippen MR) is 70.1 cm³/mol. The molecule has 0 bridgehead atoms. The number of sulfonamides is 1. The minimum Gasteiger partial charge on any atom is -0.250 e. The lowest BCUT2D eigenvalue weighted by Crippen LogP contribution is -2.23. The van der Waals surface area contributed by atoms with Crippen LogP contribution in [0.4, 0.5) is 13.2 Å². The second-order valence-electron chi connectivity index (χ2n) is 4.05. The Morgan fingerprint density at radius 1 is 1.24 bits per heavy atom. The maximum atomic E-state index is 12.4. The first-order valence-corrected chi connectivity index (χ1v) is 7.93. The summed E-state index contributed by atoms with van der Waals surface area (Å²) in [4.78, 5) is 7.48. The van der Waals surface area contributed by atoms with Gasteiger partial charge >= 0.3 is 6.18 Å². The van der Waals surface area contributed by atoms with E-state index in [4.69, 9.17) is 0 Å². The number of nitrogens with zero attached hydrogens (tertiary/aromatic N) is 2. The molecule has 2 aromatic heterocycles. The van der Waals surface area contributed by atoms with Crippen LogP contribution < -0.4 is 4.72 Å². The topological polar surface area (TPSA) is 72.0 Å². The number of rotatable bonds is 4. The van der Waals surface area contributed by atoms with Crippen LogP contribution in [0.2, 0.25) is 0 Å². The fourth-order valence-corrected chi connectivity index (χ4v) is 3.22. The third-order valence-electron chi connectivity index (χ3n) is 2.44. The molecular formula is C11H10F3N3O2S2. The average Bonchev–Trinajstić information content (AvgIpc) is 2.82. The first-order chi connectivity index (χ1) is 9.68. The molecule has 114 valence electrons. The number of hydrogen-bond donors (Lipinski definition) is 1. The molecule has 0 saturated carbocycles. The Hall–Kier alpha value is -1.52. The lowest BCUT2D eigenvalue weighted by molar-refractivity contribution is -0.141. The first-order valence-electron chi connectivity index (χ1n) is 5.63. The number of aryl methyl sites for hydroxylation is 1. The van der Waals surface area contributed by atoms with Crippen molar-refractivity contribution >= 4 is 21.4 Å². The van der Waals surface area contributed by atoms with E-state index in [9.17, 15) is 21.6 Å². The van der Waals surface area contributed by atoms with Gasteiger partial charge in [-0.15, -0.1) is 11.3 Å². The SMILES string of the molecule is Cc1ncc(CNS(=O)(=O)c2ccc(C(F)(F)F)nc2)s1. The van der Waals surface area contributed by atoms with Gasteiger partial charge in [0.25, 0.3) is 0 Å². The number of aromatic nitrogens is 2. The van der Waals surface area contributed by atoms with Crippen LogP contribution in [-0.2, 0) is 22.7 Å². The Kier molecular flexibility index (Phi) is 4.30. The third kappa shape index (κ3) is 3.99. The van der Waals surface area contributed by atoms with Crippen LogP contribution >= 0.6 is 11.3 Å². The highest BCUT2D eigenvalue weighted by Gasteiger charge is 2.32. The Labute approximate surface area is 122 Å². The zero-order valence-electron chi connectivity index (χ0n) is 10.7. The van der Waals surface area contributed by atoms with E-state index in [1.165, 1.54) is 17.5 Å². The fraction of sp³-hybridized carbons (Fsp3) is 0.273. The van der Waals surface area contributed by atoms with Crippen LogP contribution in [-0.4, -0.2) is 18.4 Å². The smallest absolute Gasteiger partial charge is 0.250 e. The lowest BCUT2D eigenvalue weighted by Gasteiger charge is -2.08. The second-order valence-corrected chi connectivity index (χ2v) is 7.13. The number of hydrogen-bond acceptors (Lipinski definition) is 5. The molecule has 0 spiro atoms. The lowest BCUT2D eigenvalue weighted by atomic mass is 10.3. The van der Waals surface area contributed by atoms with Crippen molar-refractivity contribution in [2.75, 3.05) is 0 Å². The van der Waals surface area contributed by atoms with Gasteiger partial charge in [0.1, 0.15) is 10.6 Å². The molecule has 0 radical (unpaired) electrons. The Morgan fingerprint density at radius 3 is 2.43 bits per heavy atom. The van der Waals surface area contributed by atoms with E-state index >= 15 is 0 Å². The Morgan fingerprint density at radius 2 is 1.95 bits per heavy atom. The maximum Gasteiger partial charge on any atom is 0.433 e. The quantitative estimate of drug-likeness (QED) is 0.929. The van der Waals surface area contributed by atoms with Crippen LogP contribution in [0.25, 0.3) is 0 Å². The molecule has 0 fully saturated rings. The average molecular weight is 337 g/mol. The van der Waals surface area contributed by atoms with Crippen molar-refractivity contribution < 1.29 is 21.6 Å². The number of nitrogens with one attached hydrogen (secondary N) is 1. The molecular weight excluding hydrogens is 327 g/mol. The molecule has 0 aliphatic rings. The fourth-order valence-electron chi connectivity index (χ4n) is 1.44.